The second-order valence-electron chi connectivity index (χ2n) is 3.48. The summed E-state index contributed by atoms with van der Waals surface area (Å²) in [5.74, 6) is -1.30. The number of nitrogens with zero attached hydrogens (tertiary/aromatic N) is 2. The van der Waals surface area contributed by atoms with Crippen LogP contribution in [0.3, 0.4) is 0 Å². The van der Waals surface area contributed by atoms with Crippen LogP contribution in [-0.4, -0.2) is 27.0 Å². The summed E-state index contributed by atoms with van der Waals surface area (Å²) in [5.41, 5.74) is 4.35. The molecular formula is C9H9N3O6. The van der Waals surface area contributed by atoms with Crippen molar-refractivity contribution in [1.82, 2.24) is 0 Å². The van der Waals surface area contributed by atoms with Gasteiger partial charge in [-0.1, -0.05) is 0 Å². The molecule has 0 aliphatic heterocycles. The molecule has 3 N–H and O–H groups in total. The molecule has 0 saturated heterocycles. The first-order valence-corrected chi connectivity index (χ1v) is 4.73. The summed E-state index contributed by atoms with van der Waals surface area (Å²) < 4.78 is 0. The number of rotatable bonds is 5. The Morgan fingerprint density at radius 2 is 1.94 bits per heavy atom. The summed E-state index contributed by atoms with van der Waals surface area (Å²) in [6, 6.07) is 1.69. The normalized spacial score (nSPS) is 11.8. The van der Waals surface area contributed by atoms with Gasteiger partial charge < -0.3 is 10.8 Å². The highest BCUT2D eigenvalue weighted by Crippen LogP contribution is 2.25. The van der Waals surface area contributed by atoms with Crippen LogP contribution in [0.1, 0.15) is 5.56 Å². The number of carboxylic acids is 1. The molecule has 9 nitrogen and oxygen atoms in total. The fourth-order valence-corrected chi connectivity index (χ4v) is 1.33. The predicted molar refractivity (Wildman–Crippen MR) is 59.1 cm³/mol. The summed E-state index contributed by atoms with van der Waals surface area (Å²) >= 11 is 0. The molecule has 1 atom stereocenters. The van der Waals surface area contributed by atoms with Gasteiger partial charge in [0.1, 0.15) is 6.04 Å². The lowest BCUT2D eigenvalue weighted by Crippen LogP contribution is -2.32. The Bertz CT molecular complexity index is 515. The van der Waals surface area contributed by atoms with E-state index in [0.717, 1.165) is 18.2 Å². The van der Waals surface area contributed by atoms with E-state index in [1.165, 1.54) is 0 Å². The predicted octanol–water partition coefficient (Wildman–Crippen LogP) is 0.457. The Morgan fingerprint density at radius 3 is 2.39 bits per heavy atom. The van der Waals surface area contributed by atoms with Gasteiger partial charge in [-0.15, -0.1) is 0 Å². The molecule has 1 unspecified atom stereocenters. The van der Waals surface area contributed by atoms with E-state index in [2.05, 4.69) is 0 Å². The largest absolute Gasteiger partial charge is 0.480 e. The first kappa shape index (κ1) is 13.5. The van der Waals surface area contributed by atoms with Gasteiger partial charge in [0.2, 0.25) is 0 Å². The highest BCUT2D eigenvalue weighted by atomic mass is 16.6. The standard InChI is InChI=1S/C9H9N3O6/c10-7(9(13)14)3-5-1-2-6(11(15)16)4-8(5)12(17)18/h1-2,4,7H,3,10H2,(H,13,14). The number of hydrogen-bond acceptors (Lipinski definition) is 6. The van der Waals surface area contributed by atoms with Crippen molar-refractivity contribution < 1.29 is 19.7 Å². The smallest absolute Gasteiger partial charge is 0.320 e. The van der Waals surface area contributed by atoms with E-state index in [0.29, 0.717) is 0 Å². The van der Waals surface area contributed by atoms with Crippen LogP contribution in [0, 0.1) is 20.2 Å². The first-order valence-electron chi connectivity index (χ1n) is 4.73. The van der Waals surface area contributed by atoms with Gasteiger partial charge in [-0.2, -0.15) is 0 Å². The van der Waals surface area contributed by atoms with Crippen LogP contribution >= 0.6 is 0 Å². The van der Waals surface area contributed by atoms with Crippen LogP contribution in [0.4, 0.5) is 11.4 Å². The molecule has 0 aliphatic carbocycles. The monoisotopic (exact) mass is 255 g/mol. The maximum atomic E-state index is 10.7. The Kier molecular flexibility index (Phi) is 3.89. The van der Waals surface area contributed by atoms with Gasteiger partial charge in [-0.25, -0.2) is 0 Å². The minimum Gasteiger partial charge on any atom is -0.480 e. The third-order valence-electron chi connectivity index (χ3n) is 2.23. The number of carbonyl (C=O) groups is 1. The number of benzene rings is 1. The fraction of sp³-hybridized carbons (Fsp3) is 0.222. The van der Waals surface area contributed by atoms with E-state index in [9.17, 15) is 25.0 Å². The van der Waals surface area contributed by atoms with Crippen LogP contribution in [0.25, 0.3) is 0 Å². The van der Waals surface area contributed by atoms with E-state index in [1.54, 1.807) is 0 Å². The lowest BCUT2D eigenvalue weighted by atomic mass is 10.0. The summed E-state index contributed by atoms with van der Waals surface area (Å²) in [6.45, 7) is 0. The van der Waals surface area contributed by atoms with Crippen molar-refractivity contribution in [1.29, 1.82) is 0 Å². The molecule has 1 aromatic rings. The molecule has 0 aliphatic rings. The molecule has 0 radical (unpaired) electrons. The van der Waals surface area contributed by atoms with E-state index >= 15 is 0 Å². The van der Waals surface area contributed by atoms with Crippen LogP contribution in [0.15, 0.2) is 18.2 Å². The summed E-state index contributed by atoms with van der Waals surface area (Å²) in [6.07, 6.45) is -0.274. The molecule has 96 valence electrons. The Morgan fingerprint density at radius 1 is 1.33 bits per heavy atom. The quantitative estimate of drug-likeness (QED) is 0.572. The number of carboxylic acid groups (broad SMARTS) is 1. The van der Waals surface area contributed by atoms with Crippen molar-refractivity contribution in [2.75, 3.05) is 0 Å². The zero-order valence-electron chi connectivity index (χ0n) is 8.98. The number of non-ortho nitro benzene ring substituents is 1. The van der Waals surface area contributed by atoms with Crippen molar-refractivity contribution in [2.45, 2.75) is 12.5 Å². The fourth-order valence-electron chi connectivity index (χ4n) is 1.33. The van der Waals surface area contributed by atoms with Gasteiger partial charge in [0.05, 0.1) is 15.9 Å². The van der Waals surface area contributed by atoms with Gasteiger partial charge >= 0.3 is 5.97 Å². The highest BCUT2D eigenvalue weighted by molar-refractivity contribution is 5.74. The van der Waals surface area contributed by atoms with E-state index in [4.69, 9.17) is 10.8 Å². The minimum atomic E-state index is -1.30. The zero-order valence-corrected chi connectivity index (χ0v) is 8.98. The maximum Gasteiger partial charge on any atom is 0.320 e. The highest BCUT2D eigenvalue weighted by Gasteiger charge is 2.22. The Hall–Kier alpha value is -2.55. The molecule has 0 spiro atoms. The summed E-state index contributed by atoms with van der Waals surface area (Å²) in [4.78, 5) is 30.2. The Labute approximate surface area is 100 Å². The molecule has 0 fully saturated rings. The molecule has 18 heavy (non-hydrogen) atoms. The number of nitrogens with two attached hydrogens (primary N) is 1. The van der Waals surface area contributed by atoms with Gasteiger partial charge in [-0.3, -0.25) is 25.0 Å². The van der Waals surface area contributed by atoms with Crippen molar-refractivity contribution >= 4 is 17.3 Å². The number of aliphatic carboxylic acids is 1. The molecule has 0 aromatic heterocycles. The lowest BCUT2D eigenvalue weighted by molar-refractivity contribution is -0.394. The minimum absolute atomic E-state index is 0.0421. The second-order valence-corrected chi connectivity index (χ2v) is 3.48. The van der Waals surface area contributed by atoms with Crippen molar-refractivity contribution in [3.8, 4) is 0 Å². The van der Waals surface area contributed by atoms with Gasteiger partial charge in [0.25, 0.3) is 11.4 Å². The third kappa shape index (κ3) is 2.98. The average Bonchev–Trinajstić information content (AvgIpc) is 2.28. The number of nitro groups is 2. The van der Waals surface area contributed by atoms with E-state index < -0.39 is 33.2 Å². The van der Waals surface area contributed by atoms with Gasteiger partial charge in [-0.05, 0) is 6.07 Å². The third-order valence-corrected chi connectivity index (χ3v) is 2.23. The van der Waals surface area contributed by atoms with Crippen LogP contribution in [-0.2, 0) is 11.2 Å². The SMILES string of the molecule is NC(Cc1ccc([N+](=O)[O-])cc1[N+](=O)[O-])C(=O)O. The average molecular weight is 255 g/mol. The molecule has 0 saturated carbocycles. The lowest BCUT2D eigenvalue weighted by Gasteiger charge is -2.06. The molecule has 9 heteroatoms. The summed E-state index contributed by atoms with van der Waals surface area (Å²) in [5, 5.41) is 29.8. The number of nitro benzene ring substituents is 2. The van der Waals surface area contributed by atoms with E-state index in [-0.39, 0.29) is 12.0 Å². The molecular weight excluding hydrogens is 246 g/mol. The van der Waals surface area contributed by atoms with Gasteiger partial charge in [0.15, 0.2) is 0 Å². The van der Waals surface area contributed by atoms with E-state index in [1.807, 2.05) is 0 Å². The van der Waals surface area contributed by atoms with Gasteiger partial charge in [0, 0.05) is 18.1 Å². The van der Waals surface area contributed by atoms with Crippen molar-refractivity contribution in [2.24, 2.45) is 5.73 Å². The van der Waals surface area contributed by atoms with Crippen molar-refractivity contribution in [3.63, 3.8) is 0 Å². The van der Waals surface area contributed by atoms with Crippen LogP contribution < -0.4 is 5.73 Å². The van der Waals surface area contributed by atoms with Crippen molar-refractivity contribution in [3.05, 3.63) is 44.0 Å². The summed E-state index contributed by atoms with van der Waals surface area (Å²) in [7, 11) is 0. The van der Waals surface area contributed by atoms with Crippen LogP contribution in [0.5, 0.6) is 0 Å². The maximum absolute atomic E-state index is 10.7. The molecule has 1 aromatic carbocycles. The second kappa shape index (κ2) is 5.19. The Balaban J connectivity index is 3.16. The molecule has 0 amide bonds. The van der Waals surface area contributed by atoms with Crippen LogP contribution in [0.2, 0.25) is 0 Å². The first-order chi connectivity index (χ1) is 8.32. The zero-order chi connectivity index (χ0) is 13.9. The topological polar surface area (TPSA) is 150 Å². The molecule has 0 bridgehead atoms. The number of hydrogen-bond donors (Lipinski definition) is 2. The molecule has 0 heterocycles. The molecule has 1 rings (SSSR count).